The van der Waals surface area contributed by atoms with Gasteiger partial charge in [-0.3, -0.25) is 0 Å². The summed E-state index contributed by atoms with van der Waals surface area (Å²) in [6.45, 7) is 2.56. The second-order valence-electron chi connectivity index (χ2n) is 6.24. The first-order chi connectivity index (χ1) is 12.0. The zero-order chi connectivity index (χ0) is 17.9. The third-order valence-corrected chi connectivity index (χ3v) is 5.76. The summed E-state index contributed by atoms with van der Waals surface area (Å²) in [5.41, 5.74) is 1.70. The number of hydrogen-bond donors (Lipinski definition) is 0. The number of nitrogens with zero attached hydrogens (tertiary/aromatic N) is 2. The van der Waals surface area contributed by atoms with Crippen molar-refractivity contribution < 1.29 is 22.4 Å². The second-order valence-corrected chi connectivity index (χ2v) is 8.35. The average Bonchev–Trinajstić information content (AvgIpc) is 3.03. The summed E-state index contributed by atoms with van der Waals surface area (Å²) in [4.78, 5) is 4.21. The quantitative estimate of drug-likeness (QED) is 0.776. The monoisotopic (exact) mass is 366 g/mol. The molecule has 1 aromatic carbocycles. The number of methoxy groups -OCH3 is 1. The van der Waals surface area contributed by atoms with Crippen molar-refractivity contribution in [2.45, 2.75) is 38.0 Å². The molecule has 0 radical (unpaired) electrons. The highest BCUT2D eigenvalue weighted by Gasteiger charge is 2.25. The molecule has 136 valence electrons. The maximum absolute atomic E-state index is 12.3. The number of rotatable bonds is 6. The Morgan fingerprint density at radius 1 is 1.32 bits per heavy atom. The molecule has 0 N–H and O–H groups in total. The Balaban J connectivity index is 1.70. The highest BCUT2D eigenvalue weighted by molar-refractivity contribution is 7.90. The van der Waals surface area contributed by atoms with Crippen LogP contribution in [0.2, 0.25) is 0 Å². The largest absolute Gasteiger partial charge is 0.496 e. The molecule has 0 bridgehead atoms. The third-order valence-electron chi connectivity index (χ3n) is 4.19. The van der Waals surface area contributed by atoms with Gasteiger partial charge in [-0.25, -0.2) is 8.42 Å². The van der Waals surface area contributed by atoms with Gasteiger partial charge in [-0.05, 0) is 37.8 Å². The van der Waals surface area contributed by atoms with Gasteiger partial charge in [0.25, 0.3) is 0 Å². The normalized spacial score (nSPS) is 18.2. The molecule has 0 aliphatic carbocycles. The molecule has 25 heavy (non-hydrogen) atoms. The maximum Gasteiger partial charge on any atom is 0.242 e. The third kappa shape index (κ3) is 4.58. The number of ether oxygens (including phenoxy) is 2. The van der Waals surface area contributed by atoms with Crippen molar-refractivity contribution in [2.75, 3.05) is 19.5 Å². The molecule has 0 spiro atoms. The van der Waals surface area contributed by atoms with E-state index < -0.39 is 9.84 Å². The zero-order valence-corrected chi connectivity index (χ0v) is 15.2. The first-order valence-corrected chi connectivity index (χ1v) is 10.1. The van der Waals surface area contributed by atoms with Crippen LogP contribution in [0.5, 0.6) is 5.75 Å². The molecule has 1 aliphatic heterocycles. The molecule has 1 fully saturated rings. The molecular weight excluding hydrogens is 344 g/mol. The van der Waals surface area contributed by atoms with Crippen LogP contribution in [0.4, 0.5) is 0 Å². The van der Waals surface area contributed by atoms with Gasteiger partial charge in [0.1, 0.15) is 11.5 Å². The summed E-state index contributed by atoms with van der Waals surface area (Å²) in [5, 5.41) is 3.89. The predicted octanol–water partition coefficient (Wildman–Crippen LogP) is 2.54. The summed E-state index contributed by atoms with van der Waals surface area (Å²) >= 11 is 0. The van der Waals surface area contributed by atoms with E-state index in [0.717, 1.165) is 24.8 Å². The van der Waals surface area contributed by atoms with Crippen LogP contribution >= 0.6 is 0 Å². The van der Waals surface area contributed by atoms with Crippen molar-refractivity contribution in [2.24, 2.45) is 0 Å². The summed E-state index contributed by atoms with van der Waals surface area (Å²) in [6, 6.07) is 5.53. The van der Waals surface area contributed by atoms with E-state index in [0.29, 0.717) is 23.7 Å². The average molecular weight is 366 g/mol. The van der Waals surface area contributed by atoms with Crippen molar-refractivity contribution in [3.8, 4) is 17.1 Å². The van der Waals surface area contributed by atoms with E-state index in [4.69, 9.17) is 14.0 Å². The van der Waals surface area contributed by atoms with Crippen LogP contribution in [-0.4, -0.2) is 44.1 Å². The maximum atomic E-state index is 12.3. The fourth-order valence-corrected chi connectivity index (χ4v) is 4.30. The van der Waals surface area contributed by atoms with Crippen molar-refractivity contribution >= 4 is 9.84 Å². The molecule has 3 rings (SSSR count). The van der Waals surface area contributed by atoms with Crippen LogP contribution < -0.4 is 4.74 Å². The van der Waals surface area contributed by atoms with E-state index in [9.17, 15) is 8.42 Å². The van der Waals surface area contributed by atoms with Crippen LogP contribution in [0.15, 0.2) is 22.7 Å². The number of aryl methyl sites for hydroxylation is 1. The van der Waals surface area contributed by atoms with Gasteiger partial charge in [-0.15, -0.1) is 0 Å². The number of hydrogen-bond acceptors (Lipinski definition) is 7. The molecule has 8 heteroatoms. The molecule has 1 unspecified atom stereocenters. The van der Waals surface area contributed by atoms with Gasteiger partial charge in [0.2, 0.25) is 11.7 Å². The zero-order valence-electron chi connectivity index (χ0n) is 14.4. The van der Waals surface area contributed by atoms with Gasteiger partial charge in [0.05, 0.1) is 19.0 Å². The summed E-state index contributed by atoms with van der Waals surface area (Å²) < 4.78 is 40.6. The first-order valence-electron chi connectivity index (χ1n) is 8.26. The highest BCUT2D eigenvalue weighted by atomic mass is 32.2. The lowest BCUT2D eigenvalue weighted by molar-refractivity contribution is 0.0305. The van der Waals surface area contributed by atoms with Gasteiger partial charge in [0, 0.05) is 12.2 Å². The predicted molar refractivity (Wildman–Crippen MR) is 92.1 cm³/mol. The van der Waals surface area contributed by atoms with Gasteiger partial charge in [-0.2, -0.15) is 4.98 Å². The summed E-state index contributed by atoms with van der Waals surface area (Å²) in [6.07, 6.45) is 2.53. The van der Waals surface area contributed by atoms with Crippen LogP contribution in [0.3, 0.4) is 0 Å². The molecular formula is C17H22N2O5S. The minimum atomic E-state index is -3.37. The molecule has 1 aromatic heterocycles. The Labute approximate surface area is 147 Å². The van der Waals surface area contributed by atoms with Crippen molar-refractivity contribution in [3.05, 3.63) is 29.7 Å². The minimum Gasteiger partial charge on any atom is -0.496 e. The topological polar surface area (TPSA) is 91.5 Å². The van der Waals surface area contributed by atoms with E-state index in [1.54, 1.807) is 13.2 Å². The minimum absolute atomic E-state index is 0.0108. The molecule has 2 aromatic rings. The second kappa shape index (κ2) is 7.53. The standard InChI is InChI=1S/C17H22N2O5S/c1-12-6-7-13(9-15(12)22-2)17-18-16(24-19-17)11-25(20,21)10-14-5-3-4-8-23-14/h6-7,9,14H,3-5,8,10-11H2,1-2H3. The van der Waals surface area contributed by atoms with Crippen molar-refractivity contribution in [1.82, 2.24) is 10.1 Å². The first kappa shape index (κ1) is 17.9. The van der Waals surface area contributed by atoms with E-state index in [1.165, 1.54) is 0 Å². The molecule has 7 nitrogen and oxygen atoms in total. The Morgan fingerprint density at radius 2 is 2.16 bits per heavy atom. The molecule has 2 heterocycles. The fraction of sp³-hybridized carbons (Fsp3) is 0.529. The Bertz CT molecular complexity index is 825. The molecule has 1 aliphatic rings. The van der Waals surface area contributed by atoms with Gasteiger partial charge < -0.3 is 14.0 Å². The summed E-state index contributed by atoms with van der Waals surface area (Å²) in [7, 11) is -1.78. The fourth-order valence-electron chi connectivity index (χ4n) is 2.86. The van der Waals surface area contributed by atoms with Crippen molar-refractivity contribution in [3.63, 3.8) is 0 Å². The van der Waals surface area contributed by atoms with E-state index in [2.05, 4.69) is 10.1 Å². The smallest absolute Gasteiger partial charge is 0.242 e. The lowest BCUT2D eigenvalue weighted by Crippen LogP contribution is -2.28. The lowest BCUT2D eigenvalue weighted by Gasteiger charge is -2.21. The van der Waals surface area contributed by atoms with Crippen LogP contribution in [0.25, 0.3) is 11.4 Å². The Morgan fingerprint density at radius 3 is 2.88 bits per heavy atom. The summed E-state index contributed by atoms with van der Waals surface area (Å²) in [5.74, 6) is 0.861. The van der Waals surface area contributed by atoms with Crippen LogP contribution in [-0.2, 0) is 20.3 Å². The number of benzene rings is 1. The lowest BCUT2D eigenvalue weighted by atomic mass is 10.1. The van der Waals surface area contributed by atoms with Crippen LogP contribution in [0.1, 0.15) is 30.7 Å². The Hall–Kier alpha value is -1.93. The highest BCUT2D eigenvalue weighted by Crippen LogP contribution is 2.25. The van der Waals surface area contributed by atoms with Gasteiger partial charge in [0.15, 0.2) is 9.84 Å². The van der Waals surface area contributed by atoms with E-state index in [-0.39, 0.29) is 23.5 Å². The van der Waals surface area contributed by atoms with Gasteiger partial charge >= 0.3 is 0 Å². The van der Waals surface area contributed by atoms with Crippen LogP contribution in [0, 0.1) is 6.92 Å². The number of aromatic nitrogens is 2. The molecule has 0 amide bonds. The molecule has 1 atom stereocenters. The molecule has 1 saturated heterocycles. The van der Waals surface area contributed by atoms with E-state index >= 15 is 0 Å². The Kier molecular flexibility index (Phi) is 5.39. The van der Waals surface area contributed by atoms with E-state index in [1.807, 2.05) is 19.1 Å². The van der Waals surface area contributed by atoms with Crippen molar-refractivity contribution in [1.29, 1.82) is 0 Å². The van der Waals surface area contributed by atoms with Gasteiger partial charge in [-0.1, -0.05) is 17.3 Å². The molecule has 0 saturated carbocycles. The number of sulfone groups is 1. The SMILES string of the molecule is COc1cc(-c2noc(CS(=O)(=O)CC3CCCCO3)n2)ccc1C.